The zero-order valence-electron chi connectivity index (χ0n) is 38.5. The standard InChI is InChI=1S/C69H50/c1-46(51-23-17-24-52(43-51)53-39-42-63-64(44-53)58-30-13-14-32-62(58)68(63)50-37-35-48(36-38-50)47-19-5-2-6-20-47)67(61-33-18-22-49-21-11-12-29-57(49)61)54-40-41-60-59-31-15-16-34-65(59)69(66(60)45-54,55-25-7-3-8-26-55)56-27-9-4-10-28-56/h2-38,40-41,43-45,67-68H,1,39,42H2. The van der Waals surface area contributed by atoms with Crippen molar-refractivity contribution in [2.75, 3.05) is 0 Å². The topological polar surface area (TPSA) is 0 Å². The summed E-state index contributed by atoms with van der Waals surface area (Å²) in [6.45, 7) is 5.08. The summed E-state index contributed by atoms with van der Waals surface area (Å²) in [5.74, 6) is 0.143. The summed E-state index contributed by atoms with van der Waals surface area (Å²) < 4.78 is 0. The van der Waals surface area contributed by atoms with Gasteiger partial charge < -0.3 is 0 Å². The van der Waals surface area contributed by atoms with Crippen LogP contribution in [0.4, 0.5) is 0 Å². The average molecular weight is 879 g/mol. The normalized spacial score (nSPS) is 15.7. The van der Waals surface area contributed by atoms with Gasteiger partial charge in [0.1, 0.15) is 0 Å². The second-order valence-corrected chi connectivity index (χ2v) is 19.1. The van der Waals surface area contributed by atoms with Crippen LogP contribution in [0.3, 0.4) is 0 Å². The number of hydrogen-bond donors (Lipinski definition) is 0. The molecule has 0 heteroatoms. The Hall–Kier alpha value is -8.32. The highest BCUT2D eigenvalue weighted by Crippen LogP contribution is 2.57. The van der Waals surface area contributed by atoms with Crippen molar-refractivity contribution < 1.29 is 0 Å². The highest BCUT2D eigenvalue weighted by atomic mass is 14.5. The van der Waals surface area contributed by atoms with E-state index in [0.717, 1.165) is 24.0 Å². The molecule has 0 saturated heterocycles. The van der Waals surface area contributed by atoms with Gasteiger partial charge in [-0.05, 0) is 130 Å². The van der Waals surface area contributed by atoms with Gasteiger partial charge in [-0.2, -0.15) is 0 Å². The Morgan fingerprint density at radius 2 is 1.07 bits per heavy atom. The lowest BCUT2D eigenvalue weighted by molar-refractivity contribution is 0.766. The van der Waals surface area contributed by atoms with Crippen molar-refractivity contribution in [3.8, 4) is 22.3 Å². The van der Waals surface area contributed by atoms with E-state index >= 15 is 0 Å². The Morgan fingerprint density at radius 1 is 0.464 bits per heavy atom. The van der Waals surface area contributed by atoms with Crippen LogP contribution in [0.15, 0.2) is 267 Å². The molecule has 2 unspecified atom stereocenters. The molecule has 13 rings (SSSR count). The van der Waals surface area contributed by atoms with Crippen LogP contribution in [0.5, 0.6) is 0 Å². The average Bonchev–Trinajstić information content (AvgIpc) is 3.92. The monoisotopic (exact) mass is 878 g/mol. The number of hydrogen-bond acceptors (Lipinski definition) is 0. The summed E-state index contributed by atoms with van der Waals surface area (Å²) in [6.07, 6.45) is 4.51. The fraction of sp³-hybridized carbons (Fsp3) is 0.0725. The number of benzene rings is 10. The van der Waals surface area contributed by atoms with Crippen molar-refractivity contribution in [2.24, 2.45) is 0 Å². The maximum atomic E-state index is 5.08. The van der Waals surface area contributed by atoms with Crippen molar-refractivity contribution in [1.82, 2.24) is 0 Å². The molecule has 3 aliphatic rings. The maximum absolute atomic E-state index is 5.08. The summed E-state index contributed by atoms with van der Waals surface area (Å²) in [5, 5.41) is 2.49. The van der Waals surface area contributed by atoms with Gasteiger partial charge in [-0.3, -0.25) is 0 Å². The second kappa shape index (κ2) is 16.8. The molecule has 0 bridgehead atoms. The molecule has 10 aromatic carbocycles. The van der Waals surface area contributed by atoms with Crippen LogP contribution in [-0.4, -0.2) is 0 Å². The molecule has 10 aromatic rings. The van der Waals surface area contributed by atoms with Crippen LogP contribution in [0, 0.1) is 0 Å². The zero-order valence-corrected chi connectivity index (χ0v) is 38.5. The van der Waals surface area contributed by atoms with E-state index in [1.165, 1.54) is 105 Å². The van der Waals surface area contributed by atoms with Gasteiger partial charge in [0.25, 0.3) is 0 Å². The maximum Gasteiger partial charge on any atom is 0.0713 e. The van der Waals surface area contributed by atoms with E-state index in [-0.39, 0.29) is 11.8 Å². The smallest absolute Gasteiger partial charge is 0.0713 e. The third-order valence-corrected chi connectivity index (χ3v) is 15.5. The zero-order chi connectivity index (χ0) is 45.9. The number of allylic oxidation sites excluding steroid dienone is 5. The minimum Gasteiger partial charge on any atom is -0.0943 e. The van der Waals surface area contributed by atoms with E-state index in [1.807, 2.05) is 0 Å². The molecule has 326 valence electrons. The Labute approximate surface area is 405 Å². The van der Waals surface area contributed by atoms with E-state index in [1.54, 1.807) is 0 Å². The molecule has 0 spiro atoms. The summed E-state index contributed by atoms with van der Waals surface area (Å²) in [5.41, 5.74) is 24.2. The summed E-state index contributed by atoms with van der Waals surface area (Å²) >= 11 is 0. The molecule has 0 amide bonds. The first-order chi connectivity index (χ1) is 34.1. The first-order valence-electron chi connectivity index (χ1n) is 24.5. The molecule has 69 heavy (non-hydrogen) atoms. The third kappa shape index (κ3) is 6.66. The van der Waals surface area contributed by atoms with Crippen LogP contribution in [-0.2, 0) is 5.41 Å². The third-order valence-electron chi connectivity index (χ3n) is 15.5. The molecule has 0 N–H and O–H groups in total. The first-order valence-corrected chi connectivity index (χ1v) is 24.5. The molecule has 2 atom stereocenters. The van der Waals surface area contributed by atoms with Crippen molar-refractivity contribution >= 4 is 27.5 Å². The largest absolute Gasteiger partial charge is 0.0943 e. The van der Waals surface area contributed by atoms with Crippen molar-refractivity contribution in [3.63, 3.8) is 0 Å². The molecule has 0 nitrogen and oxygen atoms in total. The van der Waals surface area contributed by atoms with E-state index in [0.29, 0.717) is 0 Å². The second-order valence-electron chi connectivity index (χ2n) is 19.1. The van der Waals surface area contributed by atoms with Gasteiger partial charge in [0.05, 0.1) is 5.41 Å². The van der Waals surface area contributed by atoms with E-state index < -0.39 is 5.41 Å². The molecular formula is C69H50. The molecule has 0 saturated carbocycles. The van der Waals surface area contributed by atoms with Gasteiger partial charge in [0, 0.05) is 11.8 Å². The van der Waals surface area contributed by atoms with Gasteiger partial charge in [-0.1, -0.05) is 261 Å². The van der Waals surface area contributed by atoms with Crippen LogP contribution >= 0.6 is 0 Å². The summed E-state index contributed by atoms with van der Waals surface area (Å²) in [7, 11) is 0. The molecule has 0 aliphatic heterocycles. The molecule has 0 aromatic heterocycles. The lowest BCUT2D eigenvalue weighted by Gasteiger charge is -2.34. The summed E-state index contributed by atoms with van der Waals surface area (Å²) in [4.78, 5) is 0. The molecule has 0 radical (unpaired) electrons. The van der Waals surface area contributed by atoms with Crippen molar-refractivity contribution in [1.29, 1.82) is 0 Å². The fourth-order valence-corrected chi connectivity index (χ4v) is 12.4. The molecule has 0 fully saturated rings. The van der Waals surface area contributed by atoms with Gasteiger partial charge in [0.15, 0.2) is 0 Å². The van der Waals surface area contributed by atoms with Crippen LogP contribution in [0.25, 0.3) is 49.7 Å². The van der Waals surface area contributed by atoms with Gasteiger partial charge in [-0.15, -0.1) is 0 Å². The SMILES string of the molecule is C=C(c1cccc(C2=CC3=C(CC2)C(c2ccc(-c4ccccc4)cc2)c2ccccc23)c1)C(c1ccc2c(c1)C(c1ccccc1)(c1ccccc1)c1ccccc1-2)c1cccc2ccccc12. The lowest BCUT2D eigenvalue weighted by atomic mass is 9.67. The minimum atomic E-state index is -0.501. The van der Waals surface area contributed by atoms with Crippen molar-refractivity contribution in [2.45, 2.75) is 30.1 Å². The Balaban J connectivity index is 0.928. The van der Waals surface area contributed by atoms with Gasteiger partial charge in [-0.25, -0.2) is 0 Å². The van der Waals surface area contributed by atoms with Crippen LogP contribution in [0.1, 0.15) is 85.9 Å². The first kappa shape index (κ1) is 40.9. The van der Waals surface area contributed by atoms with Crippen molar-refractivity contribution in [3.05, 3.63) is 328 Å². The molecule has 3 aliphatic carbocycles. The van der Waals surface area contributed by atoms with E-state index in [9.17, 15) is 0 Å². The van der Waals surface area contributed by atoms with Crippen LogP contribution in [0.2, 0.25) is 0 Å². The predicted octanol–water partition coefficient (Wildman–Crippen LogP) is 17.5. The minimum absolute atomic E-state index is 0.116. The fourth-order valence-electron chi connectivity index (χ4n) is 12.4. The van der Waals surface area contributed by atoms with Crippen LogP contribution < -0.4 is 0 Å². The summed E-state index contributed by atoms with van der Waals surface area (Å²) in [6, 6.07) is 92.5. The van der Waals surface area contributed by atoms with Gasteiger partial charge >= 0.3 is 0 Å². The van der Waals surface area contributed by atoms with Gasteiger partial charge in [0.2, 0.25) is 0 Å². The van der Waals surface area contributed by atoms with E-state index in [4.69, 9.17) is 6.58 Å². The Bertz CT molecular complexity index is 3620. The highest BCUT2D eigenvalue weighted by Gasteiger charge is 2.46. The highest BCUT2D eigenvalue weighted by molar-refractivity contribution is 5.95. The predicted molar refractivity (Wildman–Crippen MR) is 289 cm³/mol. The van der Waals surface area contributed by atoms with E-state index in [2.05, 4.69) is 255 Å². The lowest BCUT2D eigenvalue weighted by Crippen LogP contribution is -2.28. The molecular weight excluding hydrogens is 829 g/mol. The Morgan fingerprint density at radius 3 is 1.86 bits per heavy atom. The molecule has 0 heterocycles. The quantitative estimate of drug-likeness (QED) is 0.136. The number of fused-ring (bicyclic) bond motifs is 6. The number of rotatable bonds is 9. The Kier molecular flexibility index (Phi) is 9.95.